The molecule has 1 N–H and O–H groups in total. The fourth-order valence-corrected chi connectivity index (χ4v) is 3.32. The molecule has 0 spiro atoms. The summed E-state index contributed by atoms with van der Waals surface area (Å²) in [5, 5.41) is 3.19. The van der Waals surface area contributed by atoms with Crippen molar-refractivity contribution in [3.05, 3.63) is 50.8 Å². The second-order valence-electron chi connectivity index (χ2n) is 6.31. The zero-order chi connectivity index (χ0) is 16.1. The second kappa shape index (κ2) is 7.55. The molecule has 0 saturated carbocycles. The second-order valence-corrected chi connectivity index (χ2v) is 6.31. The van der Waals surface area contributed by atoms with Crippen LogP contribution in [0.3, 0.4) is 0 Å². The van der Waals surface area contributed by atoms with Crippen LogP contribution in [0.4, 0.5) is 5.69 Å². The standard InChI is InChI=1S/C19H24N2O2/c22-18-16(15-9-4-3-5-10-15)17(19(18)23)20-11-8-14-21-12-6-1-2-7-13-21/h3-5,9-10,20H,1-2,6-8,11-14H2. The molecular formula is C19H24N2O2. The highest BCUT2D eigenvalue weighted by molar-refractivity contribution is 5.81. The van der Waals surface area contributed by atoms with E-state index in [9.17, 15) is 9.59 Å². The number of likely N-dealkylation sites (tertiary alicyclic amines) is 1. The molecule has 4 heteroatoms. The van der Waals surface area contributed by atoms with Crippen molar-refractivity contribution in [2.45, 2.75) is 32.1 Å². The summed E-state index contributed by atoms with van der Waals surface area (Å²) in [5.74, 6) is 0. The smallest absolute Gasteiger partial charge is 0.250 e. The molecule has 0 bridgehead atoms. The van der Waals surface area contributed by atoms with Crippen LogP contribution in [0.5, 0.6) is 0 Å². The normalized spacial score (nSPS) is 16.3. The summed E-state index contributed by atoms with van der Waals surface area (Å²) in [7, 11) is 0. The number of anilines is 1. The Balaban J connectivity index is 1.54. The van der Waals surface area contributed by atoms with E-state index in [2.05, 4.69) is 10.2 Å². The SMILES string of the molecule is O=c1c(NCCCN2CCCCCC2)c(-c2ccccc2)c1=O. The zero-order valence-electron chi connectivity index (χ0n) is 13.5. The van der Waals surface area contributed by atoms with Crippen LogP contribution in [0.25, 0.3) is 11.1 Å². The molecule has 1 aliphatic rings. The molecule has 0 amide bonds. The van der Waals surface area contributed by atoms with Gasteiger partial charge in [-0.15, -0.1) is 0 Å². The minimum atomic E-state index is -0.376. The zero-order valence-corrected chi connectivity index (χ0v) is 13.5. The molecule has 1 saturated heterocycles. The molecule has 1 heterocycles. The van der Waals surface area contributed by atoms with Crippen LogP contribution < -0.4 is 16.2 Å². The minimum Gasteiger partial charge on any atom is -0.381 e. The Morgan fingerprint density at radius 1 is 0.913 bits per heavy atom. The Morgan fingerprint density at radius 3 is 2.30 bits per heavy atom. The first-order chi connectivity index (χ1) is 11.3. The van der Waals surface area contributed by atoms with Crippen molar-refractivity contribution in [3.8, 4) is 11.1 Å². The van der Waals surface area contributed by atoms with Gasteiger partial charge >= 0.3 is 0 Å². The van der Waals surface area contributed by atoms with Crippen LogP contribution in [-0.2, 0) is 0 Å². The molecule has 0 atom stereocenters. The molecule has 0 aliphatic carbocycles. The fourth-order valence-electron chi connectivity index (χ4n) is 3.32. The first-order valence-corrected chi connectivity index (χ1v) is 8.62. The predicted octanol–water partition coefficient (Wildman–Crippen LogP) is 2.63. The third kappa shape index (κ3) is 3.70. The molecule has 2 aromatic carbocycles. The summed E-state index contributed by atoms with van der Waals surface area (Å²) in [6, 6.07) is 9.42. The van der Waals surface area contributed by atoms with Gasteiger partial charge < -0.3 is 10.2 Å². The maximum atomic E-state index is 11.8. The first-order valence-electron chi connectivity index (χ1n) is 8.62. The molecule has 23 heavy (non-hydrogen) atoms. The van der Waals surface area contributed by atoms with E-state index in [4.69, 9.17) is 0 Å². The van der Waals surface area contributed by atoms with Crippen LogP contribution in [0.2, 0.25) is 0 Å². The quantitative estimate of drug-likeness (QED) is 0.658. The van der Waals surface area contributed by atoms with Crippen LogP contribution in [0, 0.1) is 0 Å². The van der Waals surface area contributed by atoms with E-state index in [0.29, 0.717) is 11.3 Å². The van der Waals surface area contributed by atoms with Crippen molar-refractivity contribution in [3.63, 3.8) is 0 Å². The van der Waals surface area contributed by atoms with Crippen molar-refractivity contribution in [1.82, 2.24) is 4.90 Å². The van der Waals surface area contributed by atoms with Gasteiger partial charge in [-0.1, -0.05) is 43.2 Å². The lowest BCUT2D eigenvalue weighted by Crippen LogP contribution is -2.37. The van der Waals surface area contributed by atoms with Crippen molar-refractivity contribution in [1.29, 1.82) is 0 Å². The molecule has 0 unspecified atom stereocenters. The lowest BCUT2D eigenvalue weighted by Gasteiger charge is -2.20. The Morgan fingerprint density at radius 2 is 1.61 bits per heavy atom. The van der Waals surface area contributed by atoms with Gasteiger partial charge in [0.2, 0.25) is 10.9 Å². The number of benzene rings is 1. The number of rotatable bonds is 6. The van der Waals surface area contributed by atoms with Crippen LogP contribution >= 0.6 is 0 Å². The van der Waals surface area contributed by atoms with Gasteiger partial charge in [-0.3, -0.25) is 9.59 Å². The van der Waals surface area contributed by atoms with Gasteiger partial charge in [0.25, 0.3) is 0 Å². The van der Waals surface area contributed by atoms with Gasteiger partial charge in [0.05, 0.1) is 11.3 Å². The number of nitrogens with one attached hydrogen (secondary N) is 1. The maximum Gasteiger partial charge on any atom is 0.250 e. The van der Waals surface area contributed by atoms with Gasteiger partial charge in [-0.05, 0) is 44.5 Å². The summed E-state index contributed by atoms with van der Waals surface area (Å²) in [6.45, 7) is 4.18. The van der Waals surface area contributed by atoms with Gasteiger partial charge in [-0.2, -0.15) is 0 Å². The van der Waals surface area contributed by atoms with Crippen molar-refractivity contribution in [2.75, 3.05) is 31.5 Å². The molecule has 122 valence electrons. The van der Waals surface area contributed by atoms with Crippen LogP contribution in [-0.4, -0.2) is 31.1 Å². The number of hydrogen-bond donors (Lipinski definition) is 1. The molecule has 0 aromatic heterocycles. The van der Waals surface area contributed by atoms with E-state index in [1.165, 1.54) is 38.8 Å². The molecular weight excluding hydrogens is 288 g/mol. The highest BCUT2D eigenvalue weighted by Crippen LogP contribution is 2.22. The lowest BCUT2D eigenvalue weighted by atomic mass is 9.98. The van der Waals surface area contributed by atoms with Crippen LogP contribution in [0.1, 0.15) is 32.1 Å². The number of hydrogen-bond acceptors (Lipinski definition) is 4. The Labute approximate surface area is 136 Å². The monoisotopic (exact) mass is 312 g/mol. The van der Waals surface area contributed by atoms with E-state index in [1.807, 2.05) is 30.3 Å². The summed E-state index contributed by atoms with van der Waals surface area (Å²) in [5.41, 5.74) is 1.12. The van der Waals surface area contributed by atoms with Crippen LogP contribution in [0.15, 0.2) is 39.9 Å². The summed E-state index contributed by atoms with van der Waals surface area (Å²) < 4.78 is 0. The maximum absolute atomic E-state index is 11.8. The topological polar surface area (TPSA) is 49.4 Å². The van der Waals surface area contributed by atoms with Crippen molar-refractivity contribution < 1.29 is 0 Å². The summed E-state index contributed by atoms with van der Waals surface area (Å²) >= 11 is 0. The van der Waals surface area contributed by atoms with Crippen molar-refractivity contribution in [2.24, 2.45) is 0 Å². The van der Waals surface area contributed by atoms with Crippen molar-refractivity contribution >= 4 is 5.69 Å². The fraction of sp³-hybridized carbons (Fsp3) is 0.474. The van der Waals surface area contributed by atoms with Gasteiger partial charge in [0.15, 0.2) is 0 Å². The van der Waals surface area contributed by atoms with Gasteiger partial charge in [-0.25, -0.2) is 0 Å². The lowest BCUT2D eigenvalue weighted by molar-refractivity contribution is 0.284. The highest BCUT2D eigenvalue weighted by atomic mass is 16.2. The molecule has 3 rings (SSSR count). The average molecular weight is 312 g/mol. The average Bonchev–Trinajstić information content (AvgIpc) is 2.86. The Kier molecular flexibility index (Phi) is 5.23. The molecule has 2 aromatic rings. The highest BCUT2D eigenvalue weighted by Gasteiger charge is 2.21. The molecule has 1 aliphatic heterocycles. The van der Waals surface area contributed by atoms with E-state index in [1.54, 1.807) is 0 Å². The number of nitrogens with zero attached hydrogens (tertiary/aromatic N) is 1. The predicted molar refractivity (Wildman–Crippen MR) is 94.8 cm³/mol. The third-order valence-electron chi connectivity index (χ3n) is 4.62. The van der Waals surface area contributed by atoms with Gasteiger partial charge in [0, 0.05) is 6.54 Å². The van der Waals surface area contributed by atoms with E-state index < -0.39 is 0 Å². The van der Waals surface area contributed by atoms with E-state index in [0.717, 1.165) is 25.1 Å². The molecule has 1 fully saturated rings. The summed E-state index contributed by atoms with van der Waals surface area (Å²) in [6.07, 6.45) is 6.28. The summed E-state index contributed by atoms with van der Waals surface area (Å²) in [4.78, 5) is 26.2. The molecule has 4 nitrogen and oxygen atoms in total. The minimum absolute atomic E-state index is 0.369. The Bertz CT molecular complexity index is 694. The molecule has 0 radical (unpaired) electrons. The first kappa shape index (κ1) is 15.9. The van der Waals surface area contributed by atoms with E-state index >= 15 is 0 Å². The largest absolute Gasteiger partial charge is 0.381 e. The third-order valence-corrected chi connectivity index (χ3v) is 4.62. The van der Waals surface area contributed by atoms with Gasteiger partial charge in [0.1, 0.15) is 0 Å². The Hall–Kier alpha value is -1.94. The van der Waals surface area contributed by atoms with E-state index in [-0.39, 0.29) is 10.9 Å².